The van der Waals surface area contributed by atoms with E-state index in [2.05, 4.69) is 13.8 Å². The number of hydrogen-bond acceptors (Lipinski definition) is 4. The van der Waals surface area contributed by atoms with Gasteiger partial charge in [-0.2, -0.15) is 0 Å². The predicted molar refractivity (Wildman–Crippen MR) is 135 cm³/mol. The second kappa shape index (κ2) is 7.92. The molecule has 1 spiro atoms. The Morgan fingerprint density at radius 3 is 2.18 bits per heavy atom. The number of pyridine rings is 1. The molecule has 4 aliphatic rings. The van der Waals surface area contributed by atoms with Crippen molar-refractivity contribution >= 4 is 10.2 Å². The molecule has 2 aliphatic carbocycles. The first kappa shape index (κ1) is 26.5. The molecule has 2 fully saturated rings. The SMILES string of the molecule is CC1(C)Cc2nc(C3CCOCC3)c3c(c2C(O)C1)C1(CCCC1)O[C@@H]3c1ccc(S(F)(F)(F)(F)F)cc1. The maximum atomic E-state index is 13.5. The summed E-state index contributed by atoms with van der Waals surface area (Å²) in [7, 11) is -9.80. The molecule has 6 rings (SSSR count). The van der Waals surface area contributed by atoms with Crippen LogP contribution in [-0.2, 0) is 21.5 Å². The van der Waals surface area contributed by atoms with E-state index in [1.807, 2.05) is 0 Å². The summed E-state index contributed by atoms with van der Waals surface area (Å²) in [6, 6.07) is 3.17. The van der Waals surface area contributed by atoms with Crippen LogP contribution in [0.4, 0.5) is 19.4 Å². The molecule has 1 saturated carbocycles. The second-order valence-corrected chi connectivity index (χ2v) is 14.7. The number of benzene rings is 1. The highest BCUT2D eigenvalue weighted by atomic mass is 32.5. The minimum Gasteiger partial charge on any atom is -0.388 e. The van der Waals surface area contributed by atoms with Gasteiger partial charge in [-0.1, -0.05) is 58.3 Å². The van der Waals surface area contributed by atoms with Gasteiger partial charge < -0.3 is 14.6 Å². The molecule has 0 radical (unpaired) electrons. The summed E-state index contributed by atoms with van der Waals surface area (Å²) >= 11 is 0. The summed E-state index contributed by atoms with van der Waals surface area (Å²) in [6.45, 7) is 5.41. The van der Waals surface area contributed by atoms with E-state index in [1.165, 1.54) is 0 Å². The van der Waals surface area contributed by atoms with Gasteiger partial charge in [0.1, 0.15) is 11.0 Å². The Balaban J connectivity index is 1.57. The fourth-order valence-electron chi connectivity index (χ4n) is 7.16. The van der Waals surface area contributed by atoms with Crippen LogP contribution in [0.2, 0.25) is 0 Å². The molecule has 1 aromatic heterocycles. The third kappa shape index (κ3) is 4.45. The van der Waals surface area contributed by atoms with E-state index < -0.39 is 32.9 Å². The number of aromatic nitrogens is 1. The van der Waals surface area contributed by atoms with E-state index in [1.54, 1.807) is 0 Å². The number of ether oxygens (including phenoxy) is 2. The van der Waals surface area contributed by atoms with E-state index in [-0.39, 0.29) is 11.3 Å². The van der Waals surface area contributed by atoms with E-state index in [0.717, 1.165) is 78.7 Å². The minimum atomic E-state index is -9.80. The van der Waals surface area contributed by atoms with Crippen LogP contribution in [-0.4, -0.2) is 23.3 Å². The van der Waals surface area contributed by atoms with Crippen LogP contribution in [0.25, 0.3) is 0 Å². The summed E-state index contributed by atoms with van der Waals surface area (Å²) in [5.41, 5.74) is 3.89. The van der Waals surface area contributed by atoms with Crippen LogP contribution >= 0.6 is 10.2 Å². The van der Waals surface area contributed by atoms with Crippen molar-refractivity contribution in [2.45, 2.75) is 93.8 Å². The van der Waals surface area contributed by atoms with Gasteiger partial charge in [0.25, 0.3) is 0 Å². The molecule has 4 nitrogen and oxygen atoms in total. The van der Waals surface area contributed by atoms with Crippen molar-refractivity contribution in [1.82, 2.24) is 4.98 Å². The molecule has 1 saturated heterocycles. The van der Waals surface area contributed by atoms with Gasteiger partial charge in [-0.25, -0.2) is 0 Å². The zero-order valence-electron chi connectivity index (χ0n) is 21.6. The summed E-state index contributed by atoms with van der Waals surface area (Å²) in [6.07, 6.45) is 4.66. The summed E-state index contributed by atoms with van der Waals surface area (Å²) in [4.78, 5) is 3.27. The highest BCUT2D eigenvalue weighted by Gasteiger charge is 2.65. The lowest BCUT2D eigenvalue weighted by Crippen LogP contribution is -2.32. The number of fused-ring (bicyclic) bond motifs is 4. The number of hydrogen-bond donors (Lipinski definition) is 1. The number of halogens is 5. The van der Waals surface area contributed by atoms with Gasteiger partial charge in [0.15, 0.2) is 0 Å². The molecular weight excluding hydrogens is 525 g/mol. The first-order valence-corrected chi connectivity index (χ1v) is 15.4. The molecule has 2 aliphatic heterocycles. The fraction of sp³-hybridized carbons (Fsp3) is 0.607. The van der Waals surface area contributed by atoms with Gasteiger partial charge in [0, 0.05) is 36.0 Å². The Kier molecular flexibility index (Phi) is 5.52. The number of aliphatic hydroxyl groups is 1. The smallest absolute Gasteiger partial charge is 0.310 e. The minimum absolute atomic E-state index is 0.0802. The molecular formula is C28H34F5NO3S. The van der Waals surface area contributed by atoms with Gasteiger partial charge in [-0.3, -0.25) is 4.98 Å². The number of rotatable bonds is 3. The van der Waals surface area contributed by atoms with Crippen LogP contribution in [0, 0.1) is 5.41 Å². The van der Waals surface area contributed by atoms with Crippen molar-refractivity contribution in [1.29, 1.82) is 0 Å². The Bertz CT molecular complexity index is 1270. The van der Waals surface area contributed by atoms with Crippen molar-refractivity contribution in [3.05, 3.63) is 57.9 Å². The lowest BCUT2D eigenvalue weighted by Gasteiger charge is -2.40. The Morgan fingerprint density at radius 2 is 1.58 bits per heavy atom. The topological polar surface area (TPSA) is 51.6 Å². The van der Waals surface area contributed by atoms with E-state index in [0.29, 0.717) is 43.8 Å². The van der Waals surface area contributed by atoms with E-state index in [9.17, 15) is 24.5 Å². The molecule has 210 valence electrons. The van der Waals surface area contributed by atoms with Crippen LogP contribution in [0.3, 0.4) is 0 Å². The average Bonchev–Trinajstić information content (AvgIpc) is 3.42. The summed E-state index contributed by atoms with van der Waals surface area (Å²) in [5.74, 6) is 0.0802. The largest absolute Gasteiger partial charge is 0.388 e. The molecule has 0 amide bonds. The zero-order valence-corrected chi connectivity index (χ0v) is 22.4. The quantitative estimate of drug-likeness (QED) is 0.383. The third-order valence-corrected chi connectivity index (χ3v) is 9.98. The monoisotopic (exact) mass is 559 g/mol. The lowest BCUT2D eigenvalue weighted by molar-refractivity contribution is -0.0581. The van der Waals surface area contributed by atoms with Gasteiger partial charge in [0.2, 0.25) is 0 Å². The van der Waals surface area contributed by atoms with E-state index in [4.69, 9.17) is 14.5 Å². The van der Waals surface area contributed by atoms with Crippen molar-refractivity contribution in [2.75, 3.05) is 13.2 Å². The Morgan fingerprint density at radius 1 is 0.947 bits per heavy atom. The highest BCUT2D eigenvalue weighted by molar-refractivity contribution is 8.45. The van der Waals surface area contributed by atoms with Gasteiger partial charge in [-0.05, 0) is 67.2 Å². The third-order valence-electron chi connectivity index (χ3n) is 8.81. The van der Waals surface area contributed by atoms with E-state index >= 15 is 0 Å². The Labute approximate surface area is 219 Å². The lowest BCUT2D eigenvalue weighted by atomic mass is 9.70. The van der Waals surface area contributed by atoms with Crippen molar-refractivity contribution < 1.29 is 34.0 Å². The molecule has 38 heavy (non-hydrogen) atoms. The molecule has 3 heterocycles. The molecule has 1 unspecified atom stereocenters. The van der Waals surface area contributed by atoms with Crippen molar-refractivity contribution in [3.63, 3.8) is 0 Å². The maximum Gasteiger partial charge on any atom is 0.310 e. The van der Waals surface area contributed by atoms with Gasteiger partial charge in [-0.15, -0.1) is 0 Å². The summed E-state index contributed by atoms with van der Waals surface area (Å²) in [5, 5.41) is 11.4. The Hall–Kier alpha value is -1.75. The molecule has 0 bridgehead atoms. The van der Waals surface area contributed by atoms with Gasteiger partial charge in [0.05, 0.1) is 17.4 Å². The predicted octanol–water partition coefficient (Wildman–Crippen LogP) is 8.53. The van der Waals surface area contributed by atoms with Gasteiger partial charge >= 0.3 is 10.2 Å². The first-order chi connectivity index (χ1) is 17.6. The fourth-order valence-corrected chi connectivity index (χ4v) is 7.81. The first-order valence-electron chi connectivity index (χ1n) is 13.4. The normalized spacial score (nSPS) is 28.5. The van der Waals surface area contributed by atoms with Crippen LogP contribution in [0.15, 0.2) is 29.2 Å². The second-order valence-electron chi connectivity index (χ2n) is 12.3. The standard InChI is InChI=1S/C28H34F5NO3S/c1-27(2)15-20-22(21(35)16-27)24-23(25(34-20)17-9-13-36-14-10-17)26(37-28(24)11-3-4-12-28)18-5-7-19(8-6-18)38(29,30,31,32)33/h5-8,17,21,26,35H,3-4,9-16H2,1-2H3/t21?,26-/m1/s1. The van der Waals surface area contributed by atoms with Crippen molar-refractivity contribution in [3.8, 4) is 0 Å². The summed E-state index contributed by atoms with van der Waals surface area (Å²) < 4.78 is 79.7. The molecule has 1 aromatic carbocycles. The molecule has 10 heteroatoms. The zero-order chi connectivity index (χ0) is 27.2. The highest BCUT2D eigenvalue weighted by Crippen LogP contribution is 3.02. The molecule has 2 atom stereocenters. The molecule has 2 aromatic rings. The maximum absolute atomic E-state index is 13.5. The van der Waals surface area contributed by atoms with Crippen LogP contribution in [0.1, 0.15) is 111 Å². The number of nitrogens with zero attached hydrogens (tertiary/aromatic N) is 1. The molecule has 1 N–H and O–H groups in total. The number of aliphatic hydroxyl groups excluding tert-OH is 1. The van der Waals surface area contributed by atoms with Crippen LogP contribution < -0.4 is 0 Å². The van der Waals surface area contributed by atoms with Crippen LogP contribution in [0.5, 0.6) is 0 Å². The van der Waals surface area contributed by atoms with Crippen molar-refractivity contribution in [2.24, 2.45) is 5.41 Å². The average molecular weight is 560 g/mol.